The van der Waals surface area contributed by atoms with Gasteiger partial charge in [0.15, 0.2) is 5.79 Å². The molecule has 1 rings (SSSR count). The topological polar surface area (TPSA) is 99.4 Å². The maximum atomic E-state index is 9.46. The number of aliphatic hydroxyl groups is 4. The van der Waals surface area contributed by atoms with Gasteiger partial charge in [0.2, 0.25) is 0 Å². The summed E-state index contributed by atoms with van der Waals surface area (Å²) in [7, 11) is 0. The third-order valence-electron chi connectivity index (χ3n) is 2.30. The standard InChI is InChI=1S/C9H18O6/c1-9(2)14-7(5(12)3-10)8(15-9)6(13)4-11/h5-8,10-13H,3-4H2,1-2H3/t5-,6-,7+,8+/m1/s1. The Hall–Kier alpha value is -0.240. The monoisotopic (exact) mass is 222 g/mol. The number of aliphatic hydroxyl groups excluding tert-OH is 4. The van der Waals surface area contributed by atoms with Gasteiger partial charge in [-0.3, -0.25) is 0 Å². The van der Waals surface area contributed by atoms with Gasteiger partial charge in [-0.25, -0.2) is 0 Å². The first-order chi connectivity index (χ1) is 6.91. The van der Waals surface area contributed by atoms with Gasteiger partial charge in [-0.2, -0.15) is 0 Å². The summed E-state index contributed by atoms with van der Waals surface area (Å²) in [5, 5.41) is 36.5. The molecule has 0 aromatic carbocycles. The number of ether oxygens (including phenoxy) is 2. The Morgan fingerprint density at radius 3 is 1.60 bits per heavy atom. The lowest BCUT2D eigenvalue weighted by Gasteiger charge is -2.23. The predicted molar refractivity (Wildman–Crippen MR) is 50.0 cm³/mol. The van der Waals surface area contributed by atoms with Crippen LogP contribution in [-0.2, 0) is 9.47 Å². The van der Waals surface area contributed by atoms with Crippen molar-refractivity contribution >= 4 is 0 Å². The van der Waals surface area contributed by atoms with Crippen molar-refractivity contribution in [3.63, 3.8) is 0 Å². The SMILES string of the molecule is CC1(C)O[C@@H]([C@H](O)CO)[C@H]([C@H](O)CO)O1. The Bertz CT molecular complexity index is 187. The minimum Gasteiger partial charge on any atom is -0.394 e. The maximum Gasteiger partial charge on any atom is 0.164 e. The molecule has 0 saturated carbocycles. The van der Waals surface area contributed by atoms with Crippen molar-refractivity contribution in [1.82, 2.24) is 0 Å². The van der Waals surface area contributed by atoms with Gasteiger partial charge in [0.25, 0.3) is 0 Å². The van der Waals surface area contributed by atoms with Crippen molar-refractivity contribution < 1.29 is 29.9 Å². The van der Waals surface area contributed by atoms with E-state index in [1.165, 1.54) is 0 Å². The lowest BCUT2D eigenvalue weighted by molar-refractivity contribution is -0.163. The Kier molecular flexibility index (Phi) is 4.05. The van der Waals surface area contributed by atoms with Gasteiger partial charge in [-0.15, -0.1) is 0 Å². The van der Waals surface area contributed by atoms with E-state index in [0.717, 1.165) is 0 Å². The largest absolute Gasteiger partial charge is 0.394 e. The molecule has 0 radical (unpaired) electrons. The van der Waals surface area contributed by atoms with Crippen LogP contribution in [0.1, 0.15) is 13.8 Å². The summed E-state index contributed by atoms with van der Waals surface area (Å²) in [6.45, 7) is 2.29. The summed E-state index contributed by atoms with van der Waals surface area (Å²) in [6, 6.07) is 0. The van der Waals surface area contributed by atoms with Crippen molar-refractivity contribution in [2.24, 2.45) is 0 Å². The molecule has 0 spiro atoms. The Morgan fingerprint density at radius 2 is 1.33 bits per heavy atom. The molecule has 0 aliphatic carbocycles. The summed E-state index contributed by atoms with van der Waals surface area (Å²) < 4.78 is 10.7. The zero-order chi connectivity index (χ0) is 11.6. The minimum absolute atomic E-state index is 0.487. The van der Waals surface area contributed by atoms with Crippen LogP contribution in [0.25, 0.3) is 0 Å². The van der Waals surface area contributed by atoms with E-state index in [4.69, 9.17) is 19.7 Å². The first kappa shape index (κ1) is 12.8. The zero-order valence-electron chi connectivity index (χ0n) is 8.83. The molecule has 0 aromatic heterocycles. The van der Waals surface area contributed by atoms with Crippen LogP contribution in [0.2, 0.25) is 0 Å². The molecule has 90 valence electrons. The highest BCUT2D eigenvalue weighted by Gasteiger charge is 2.47. The smallest absolute Gasteiger partial charge is 0.164 e. The summed E-state index contributed by atoms with van der Waals surface area (Å²) >= 11 is 0. The third kappa shape index (κ3) is 2.87. The van der Waals surface area contributed by atoms with E-state index in [1.54, 1.807) is 13.8 Å². The average molecular weight is 222 g/mol. The van der Waals surface area contributed by atoms with Crippen LogP contribution in [0.4, 0.5) is 0 Å². The van der Waals surface area contributed by atoms with Gasteiger partial charge in [-0.05, 0) is 13.8 Å². The first-order valence-electron chi connectivity index (χ1n) is 4.85. The molecule has 6 heteroatoms. The van der Waals surface area contributed by atoms with E-state index in [-0.39, 0.29) is 0 Å². The Morgan fingerprint density at radius 1 is 1.00 bits per heavy atom. The summed E-state index contributed by atoms with van der Waals surface area (Å²) in [5.74, 6) is -0.943. The van der Waals surface area contributed by atoms with E-state index in [1.807, 2.05) is 0 Å². The van der Waals surface area contributed by atoms with Crippen LogP contribution >= 0.6 is 0 Å². The van der Waals surface area contributed by atoms with Gasteiger partial charge in [0.05, 0.1) is 13.2 Å². The Balaban J connectivity index is 2.74. The van der Waals surface area contributed by atoms with E-state index in [9.17, 15) is 10.2 Å². The van der Waals surface area contributed by atoms with Gasteiger partial charge < -0.3 is 29.9 Å². The van der Waals surface area contributed by atoms with E-state index >= 15 is 0 Å². The van der Waals surface area contributed by atoms with Gasteiger partial charge in [0.1, 0.15) is 24.4 Å². The molecule has 0 unspecified atom stereocenters. The molecular formula is C9H18O6. The molecule has 4 N–H and O–H groups in total. The average Bonchev–Trinajstić information content (AvgIpc) is 2.52. The van der Waals surface area contributed by atoms with Crippen LogP contribution in [0.5, 0.6) is 0 Å². The van der Waals surface area contributed by atoms with Gasteiger partial charge in [0, 0.05) is 0 Å². The molecule has 6 nitrogen and oxygen atoms in total. The molecule has 0 amide bonds. The number of hydrogen-bond acceptors (Lipinski definition) is 6. The molecule has 15 heavy (non-hydrogen) atoms. The van der Waals surface area contributed by atoms with E-state index in [2.05, 4.69) is 0 Å². The van der Waals surface area contributed by atoms with Crippen molar-refractivity contribution in [2.75, 3.05) is 13.2 Å². The van der Waals surface area contributed by atoms with Crippen molar-refractivity contribution in [3.8, 4) is 0 Å². The van der Waals surface area contributed by atoms with Crippen molar-refractivity contribution in [2.45, 2.75) is 44.1 Å². The first-order valence-corrected chi connectivity index (χ1v) is 4.85. The van der Waals surface area contributed by atoms with E-state index in [0.29, 0.717) is 0 Å². The zero-order valence-corrected chi connectivity index (χ0v) is 8.83. The molecule has 4 atom stereocenters. The summed E-state index contributed by atoms with van der Waals surface area (Å²) in [4.78, 5) is 0. The maximum absolute atomic E-state index is 9.46. The second-order valence-corrected chi connectivity index (χ2v) is 4.06. The van der Waals surface area contributed by atoms with Crippen LogP contribution in [-0.4, -0.2) is 63.8 Å². The van der Waals surface area contributed by atoms with Crippen LogP contribution < -0.4 is 0 Å². The summed E-state index contributed by atoms with van der Waals surface area (Å²) in [5.41, 5.74) is 0. The molecular weight excluding hydrogens is 204 g/mol. The van der Waals surface area contributed by atoms with Crippen molar-refractivity contribution in [1.29, 1.82) is 0 Å². The number of hydrogen-bond donors (Lipinski definition) is 4. The second kappa shape index (κ2) is 4.73. The van der Waals surface area contributed by atoms with Gasteiger partial charge in [-0.1, -0.05) is 0 Å². The van der Waals surface area contributed by atoms with E-state index < -0.39 is 43.4 Å². The van der Waals surface area contributed by atoms with Crippen molar-refractivity contribution in [3.05, 3.63) is 0 Å². The highest BCUT2D eigenvalue weighted by Crippen LogP contribution is 2.31. The van der Waals surface area contributed by atoms with Crippen LogP contribution in [0, 0.1) is 0 Å². The van der Waals surface area contributed by atoms with Gasteiger partial charge >= 0.3 is 0 Å². The molecule has 1 aliphatic heterocycles. The van der Waals surface area contributed by atoms with Crippen LogP contribution in [0.3, 0.4) is 0 Å². The molecule has 1 fully saturated rings. The molecule has 1 aliphatic rings. The molecule has 1 heterocycles. The second-order valence-electron chi connectivity index (χ2n) is 4.06. The normalized spacial score (nSPS) is 34.0. The fraction of sp³-hybridized carbons (Fsp3) is 1.00. The minimum atomic E-state index is -1.14. The lowest BCUT2D eigenvalue weighted by Crippen LogP contribution is -2.45. The number of rotatable bonds is 4. The van der Waals surface area contributed by atoms with Crippen LogP contribution in [0.15, 0.2) is 0 Å². The predicted octanol–water partition coefficient (Wildman–Crippen LogP) is -1.79. The molecule has 0 bridgehead atoms. The highest BCUT2D eigenvalue weighted by molar-refractivity contribution is 4.90. The molecule has 1 saturated heterocycles. The quantitative estimate of drug-likeness (QED) is 0.448. The third-order valence-corrected chi connectivity index (χ3v) is 2.30. The lowest BCUT2D eigenvalue weighted by atomic mass is 10.0. The summed E-state index contributed by atoms with van der Waals surface area (Å²) in [6.07, 6.45) is -3.96. The molecule has 0 aromatic rings. The highest BCUT2D eigenvalue weighted by atomic mass is 16.8. The Labute approximate surface area is 88.1 Å². The fourth-order valence-electron chi connectivity index (χ4n) is 1.62. The fourth-order valence-corrected chi connectivity index (χ4v) is 1.62.